The third kappa shape index (κ3) is 7.93. The smallest absolute Gasteiger partial charge is 0.350 e. The van der Waals surface area contributed by atoms with Gasteiger partial charge in [-0.25, -0.2) is 14.0 Å². The van der Waals surface area contributed by atoms with Crippen molar-refractivity contribution in [2.45, 2.75) is 77.4 Å². The lowest BCUT2D eigenvalue weighted by molar-refractivity contribution is -0.192. The van der Waals surface area contributed by atoms with Crippen LogP contribution in [0.4, 0.5) is 5.69 Å². The molecule has 2 aliphatic rings. The summed E-state index contributed by atoms with van der Waals surface area (Å²) in [7, 11) is 0. The van der Waals surface area contributed by atoms with Crippen LogP contribution in [0.5, 0.6) is 5.75 Å². The minimum Gasteiger partial charge on any atom is -0.491 e. The van der Waals surface area contributed by atoms with Gasteiger partial charge in [-0.05, 0) is 112 Å². The second kappa shape index (κ2) is 15.8. The van der Waals surface area contributed by atoms with Crippen molar-refractivity contribution in [1.29, 1.82) is 0 Å². The monoisotopic (exact) mass is 745 g/mol. The van der Waals surface area contributed by atoms with Crippen LogP contribution in [0.3, 0.4) is 0 Å². The molecule has 52 heavy (non-hydrogen) atoms. The van der Waals surface area contributed by atoms with E-state index in [9.17, 15) is 4.79 Å². The molecule has 2 aliphatic heterocycles. The number of halogens is 2. The van der Waals surface area contributed by atoms with Crippen molar-refractivity contribution in [2.75, 3.05) is 31.2 Å². The number of piperidine rings is 1. The molecule has 2 aromatic heterocycles. The maximum atomic E-state index is 12.8. The van der Waals surface area contributed by atoms with Crippen molar-refractivity contribution in [1.82, 2.24) is 29.3 Å². The number of hydrogen-bond acceptors (Lipinski definition) is 8. The zero-order valence-corrected chi connectivity index (χ0v) is 31.3. The molecule has 0 spiro atoms. The molecule has 2 fully saturated rings. The van der Waals surface area contributed by atoms with Crippen LogP contribution in [0.1, 0.15) is 62.3 Å². The zero-order chi connectivity index (χ0) is 36.2. The van der Waals surface area contributed by atoms with E-state index in [1.807, 2.05) is 31.2 Å². The molecule has 0 aliphatic carbocycles. The molecule has 3 atom stereocenters. The van der Waals surface area contributed by atoms with E-state index >= 15 is 0 Å². The van der Waals surface area contributed by atoms with Gasteiger partial charge in [0.1, 0.15) is 31.3 Å². The predicted octanol–water partition coefficient (Wildman–Crippen LogP) is 7.41. The lowest BCUT2D eigenvalue weighted by atomic mass is 9.89. The summed E-state index contributed by atoms with van der Waals surface area (Å²) in [5.41, 5.74) is 5.17. The van der Waals surface area contributed by atoms with Gasteiger partial charge < -0.3 is 19.1 Å². The van der Waals surface area contributed by atoms with E-state index in [2.05, 4.69) is 58.3 Å². The molecule has 0 saturated carbocycles. The first-order chi connectivity index (χ1) is 25.2. The molecule has 0 N–H and O–H groups in total. The Balaban J connectivity index is 0.889. The minimum absolute atomic E-state index is 0.0767. The molecule has 7 rings (SSSR count). The maximum absolute atomic E-state index is 12.8. The number of aryl methyl sites for hydroxylation is 2. The number of anilines is 1. The average molecular weight is 747 g/mol. The Hall–Kier alpha value is -4.16. The van der Waals surface area contributed by atoms with E-state index < -0.39 is 5.79 Å². The van der Waals surface area contributed by atoms with Gasteiger partial charge in [0.15, 0.2) is 0 Å². The fourth-order valence-electron chi connectivity index (χ4n) is 7.13. The van der Waals surface area contributed by atoms with Crippen LogP contribution in [-0.4, -0.2) is 61.7 Å². The molecule has 13 heteroatoms. The minimum atomic E-state index is -1.17. The topological polar surface area (TPSA) is 101 Å². The summed E-state index contributed by atoms with van der Waals surface area (Å²) in [5.74, 6) is 0.311. The van der Waals surface area contributed by atoms with E-state index in [0.29, 0.717) is 34.7 Å². The average Bonchev–Trinajstić information content (AvgIpc) is 3.91. The third-order valence-corrected chi connectivity index (χ3v) is 10.9. The van der Waals surface area contributed by atoms with Gasteiger partial charge in [0.2, 0.25) is 5.79 Å². The first-order valence-corrected chi connectivity index (χ1v) is 18.8. The van der Waals surface area contributed by atoms with Crippen LogP contribution in [-0.2, 0) is 28.2 Å². The van der Waals surface area contributed by atoms with Crippen molar-refractivity contribution < 1.29 is 14.2 Å². The molecular formula is C39H45Cl2N7O4. The zero-order valence-electron chi connectivity index (χ0n) is 29.8. The van der Waals surface area contributed by atoms with Gasteiger partial charge in [0.25, 0.3) is 0 Å². The summed E-state index contributed by atoms with van der Waals surface area (Å²) in [6, 6.07) is 19.9. The fraction of sp³-hybridized carbons (Fsp3) is 0.436. The van der Waals surface area contributed by atoms with Crippen molar-refractivity contribution in [3.63, 3.8) is 0 Å². The van der Waals surface area contributed by atoms with Gasteiger partial charge in [-0.1, -0.05) is 42.3 Å². The number of rotatable bonds is 13. The molecular weight excluding hydrogens is 701 g/mol. The molecule has 11 nitrogen and oxygen atoms in total. The highest BCUT2D eigenvalue weighted by molar-refractivity contribution is 6.35. The van der Waals surface area contributed by atoms with Gasteiger partial charge in [-0.15, -0.1) is 0 Å². The first-order valence-electron chi connectivity index (χ1n) is 18.1. The Labute approximate surface area is 314 Å². The lowest BCUT2D eigenvalue weighted by Gasteiger charge is -2.34. The second-order valence-electron chi connectivity index (χ2n) is 13.9. The van der Waals surface area contributed by atoms with Crippen LogP contribution in [0.2, 0.25) is 10.0 Å². The van der Waals surface area contributed by atoms with Crippen LogP contribution < -0.4 is 15.3 Å². The molecule has 3 unspecified atom stereocenters. The Bertz CT molecular complexity index is 2010. The fourth-order valence-corrected chi connectivity index (χ4v) is 7.68. The number of hydrogen-bond donors (Lipinski definition) is 0. The summed E-state index contributed by atoms with van der Waals surface area (Å²) in [5, 5.41) is 13.8. The largest absolute Gasteiger partial charge is 0.491 e. The highest BCUT2D eigenvalue weighted by Crippen LogP contribution is 2.40. The van der Waals surface area contributed by atoms with Gasteiger partial charge >= 0.3 is 5.69 Å². The summed E-state index contributed by atoms with van der Waals surface area (Å²) >= 11 is 12.8. The first kappa shape index (κ1) is 36.2. The Kier molecular flexibility index (Phi) is 11.0. The van der Waals surface area contributed by atoms with Crippen molar-refractivity contribution >= 4 is 28.9 Å². The molecule has 4 heterocycles. The molecule has 274 valence electrons. The van der Waals surface area contributed by atoms with Crippen molar-refractivity contribution in [3.05, 3.63) is 117 Å². The molecule has 0 bridgehead atoms. The van der Waals surface area contributed by atoms with Gasteiger partial charge in [0, 0.05) is 29.4 Å². The predicted molar refractivity (Wildman–Crippen MR) is 202 cm³/mol. The van der Waals surface area contributed by atoms with E-state index in [1.165, 1.54) is 21.6 Å². The molecule has 3 aromatic carbocycles. The summed E-state index contributed by atoms with van der Waals surface area (Å²) in [6.07, 6.45) is 9.89. The quantitative estimate of drug-likeness (QED) is 0.123. The van der Waals surface area contributed by atoms with Crippen LogP contribution >= 0.6 is 23.2 Å². The maximum Gasteiger partial charge on any atom is 0.350 e. The summed E-state index contributed by atoms with van der Waals surface area (Å²) in [4.78, 5) is 16.8. The van der Waals surface area contributed by atoms with E-state index in [1.54, 1.807) is 40.1 Å². The van der Waals surface area contributed by atoms with Crippen LogP contribution in [0, 0.1) is 12.8 Å². The number of aromatic nitrogens is 6. The molecule has 2 saturated heterocycles. The molecule has 0 radical (unpaired) electrons. The number of benzene rings is 3. The third-order valence-electron chi connectivity index (χ3n) is 10.4. The van der Waals surface area contributed by atoms with E-state index in [4.69, 9.17) is 37.4 Å². The highest BCUT2D eigenvalue weighted by atomic mass is 35.5. The summed E-state index contributed by atoms with van der Waals surface area (Å²) < 4.78 is 22.2. The Morgan fingerprint density at radius 2 is 1.73 bits per heavy atom. The summed E-state index contributed by atoms with van der Waals surface area (Å²) in [6.45, 7) is 9.15. The Morgan fingerprint density at radius 3 is 2.44 bits per heavy atom. The number of ether oxygens (including phenoxy) is 3. The van der Waals surface area contributed by atoms with Crippen LogP contribution in [0.15, 0.2) is 84.2 Å². The normalized spacial score (nSPS) is 20.0. The Morgan fingerprint density at radius 1 is 0.981 bits per heavy atom. The van der Waals surface area contributed by atoms with Crippen LogP contribution in [0.25, 0.3) is 5.69 Å². The molecule has 5 aromatic rings. The molecule has 0 amide bonds. The SMILES string of the molecule is CCC(C)n1ncn(-c2ccc(N3CCC(CCc4ccc(OCC5COC(Cn6nccn6)(c6ccc(Cl)cc6Cl)O5)cc4C)CC3)cc2)c1=O. The second-order valence-corrected chi connectivity index (χ2v) is 14.7. The van der Waals surface area contributed by atoms with Gasteiger partial charge in [0.05, 0.1) is 35.8 Å². The van der Waals surface area contributed by atoms with Crippen molar-refractivity contribution in [3.8, 4) is 11.4 Å². The van der Waals surface area contributed by atoms with Crippen molar-refractivity contribution in [2.24, 2.45) is 5.92 Å². The van der Waals surface area contributed by atoms with Gasteiger partial charge in [-0.2, -0.15) is 20.1 Å². The van der Waals surface area contributed by atoms with E-state index in [-0.39, 0.29) is 24.4 Å². The van der Waals surface area contributed by atoms with E-state index in [0.717, 1.165) is 56.6 Å². The van der Waals surface area contributed by atoms with Gasteiger partial charge in [-0.3, -0.25) is 0 Å². The number of nitrogens with zero attached hydrogens (tertiary/aromatic N) is 7. The lowest BCUT2D eigenvalue weighted by Crippen LogP contribution is -2.35. The highest BCUT2D eigenvalue weighted by Gasteiger charge is 2.46. The standard InChI is InChI=1S/C39H45Cl2N7O4/c1-4-28(3)48-38(49)46(26-44-48)33-11-9-32(10-12-33)45-19-15-29(16-20-45)5-6-30-7-13-34(21-27(30)2)50-23-35-24-51-39(52-35,25-47-42-17-18-43-47)36-14-8-31(40)22-37(36)41/h7-14,17-18,21-22,26,28-29,35H,4-6,15-16,19-20,23-25H2,1-3H3.